The lowest BCUT2D eigenvalue weighted by molar-refractivity contribution is 0.0455. The van der Waals surface area contributed by atoms with Gasteiger partial charge in [-0.2, -0.15) is 0 Å². The van der Waals surface area contributed by atoms with Crippen LogP contribution in [0.4, 0.5) is 4.39 Å². The number of aliphatic hydroxyl groups is 1. The minimum absolute atomic E-state index is 0.218. The topological polar surface area (TPSA) is 29.5 Å². The van der Waals surface area contributed by atoms with Crippen LogP contribution in [0.25, 0.3) is 0 Å². The minimum Gasteiger partial charge on any atom is -0.384 e. The molecular weight excluding hydrogens is 231 g/mol. The first-order valence-electron chi connectivity index (χ1n) is 6.29. The zero-order valence-electron chi connectivity index (χ0n) is 10.3. The minimum atomic E-state index is -0.315. The molecule has 0 heterocycles. The molecule has 1 N–H and O–H groups in total. The molecule has 1 aromatic carbocycles. The maximum absolute atomic E-state index is 13.4. The van der Waals surface area contributed by atoms with Crippen molar-refractivity contribution in [2.75, 3.05) is 6.61 Å². The van der Waals surface area contributed by atoms with E-state index in [-0.39, 0.29) is 12.4 Å². The number of hydrogen-bond donors (Lipinski definition) is 1. The van der Waals surface area contributed by atoms with Crippen LogP contribution in [0.5, 0.6) is 0 Å². The zero-order chi connectivity index (χ0) is 12.8. The second-order valence-corrected chi connectivity index (χ2v) is 4.53. The van der Waals surface area contributed by atoms with Crippen molar-refractivity contribution in [3.8, 4) is 11.8 Å². The van der Waals surface area contributed by atoms with Gasteiger partial charge < -0.3 is 9.84 Å². The Labute approximate surface area is 107 Å². The SMILES string of the molecule is OCC#Cc1cc(F)cc(COC2CCCC2)c1. The van der Waals surface area contributed by atoms with Crippen molar-refractivity contribution in [1.82, 2.24) is 0 Å². The Balaban J connectivity index is 2.00. The fourth-order valence-corrected chi connectivity index (χ4v) is 2.22. The van der Waals surface area contributed by atoms with Gasteiger partial charge in [0, 0.05) is 5.56 Å². The van der Waals surface area contributed by atoms with Gasteiger partial charge in [0.2, 0.25) is 0 Å². The van der Waals surface area contributed by atoms with Crippen molar-refractivity contribution in [3.05, 3.63) is 35.1 Å². The lowest BCUT2D eigenvalue weighted by Gasteiger charge is -2.11. The molecule has 0 aromatic heterocycles. The molecule has 0 bridgehead atoms. The molecule has 2 nitrogen and oxygen atoms in total. The van der Waals surface area contributed by atoms with Gasteiger partial charge in [-0.05, 0) is 36.6 Å². The largest absolute Gasteiger partial charge is 0.384 e. The van der Waals surface area contributed by atoms with Gasteiger partial charge in [-0.3, -0.25) is 0 Å². The fraction of sp³-hybridized carbons (Fsp3) is 0.467. The predicted molar refractivity (Wildman–Crippen MR) is 67.4 cm³/mol. The molecule has 1 saturated carbocycles. The van der Waals surface area contributed by atoms with E-state index >= 15 is 0 Å². The Hall–Kier alpha value is -1.37. The Morgan fingerprint density at radius 3 is 2.78 bits per heavy atom. The third-order valence-electron chi connectivity index (χ3n) is 3.06. The van der Waals surface area contributed by atoms with Gasteiger partial charge in [0.05, 0.1) is 12.7 Å². The first-order valence-corrected chi connectivity index (χ1v) is 6.29. The molecule has 1 fully saturated rings. The highest BCUT2D eigenvalue weighted by Gasteiger charge is 2.15. The lowest BCUT2D eigenvalue weighted by Crippen LogP contribution is -2.07. The average molecular weight is 248 g/mol. The van der Waals surface area contributed by atoms with E-state index in [0.29, 0.717) is 18.3 Å². The van der Waals surface area contributed by atoms with Gasteiger partial charge in [-0.15, -0.1) is 0 Å². The Morgan fingerprint density at radius 1 is 1.28 bits per heavy atom. The molecule has 2 rings (SSSR count). The second-order valence-electron chi connectivity index (χ2n) is 4.53. The van der Waals surface area contributed by atoms with Gasteiger partial charge in [0.25, 0.3) is 0 Å². The van der Waals surface area contributed by atoms with E-state index in [2.05, 4.69) is 11.8 Å². The van der Waals surface area contributed by atoms with Crippen molar-refractivity contribution in [2.45, 2.75) is 38.4 Å². The molecule has 1 aliphatic carbocycles. The van der Waals surface area contributed by atoms with Crippen LogP contribution in [0.3, 0.4) is 0 Å². The number of hydrogen-bond acceptors (Lipinski definition) is 2. The third-order valence-corrected chi connectivity index (χ3v) is 3.06. The highest BCUT2D eigenvalue weighted by atomic mass is 19.1. The maximum atomic E-state index is 13.4. The van der Waals surface area contributed by atoms with Crippen molar-refractivity contribution in [2.24, 2.45) is 0 Å². The molecule has 0 unspecified atom stereocenters. The van der Waals surface area contributed by atoms with Gasteiger partial charge >= 0.3 is 0 Å². The summed E-state index contributed by atoms with van der Waals surface area (Å²) in [6.45, 7) is 0.209. The molecule has 0 amide bonds. The van der Waals surface area contributed by atoms with E-state index in [1.165, 1.54) is 25.0 Å². The summed E-state index contributed by atoms with van der Waals surface area (Å²) < 4.78 is 19.1. The quantitative estimate of drug-likeness (QED) is 0.833. The molecule has 96 valence electrons. The van der Waals surface area contributed by atoms with E-state index < -0.39 is 0 Å². The third kappa shape index (κ3) is 3.83. The Bertz CT molecular complexity index is 453. The Morgan fingerprint density at radius 2 is 2.06 bits per heavy atom. The summed E-state index contributed by atoms with van der Waals surface area (Å²) >= 11 is 0. The molecule has 0 atom stereocenters. The highest BCUT2D eigenvalue weighted by molar-refractivity contribution is 5.37. The van der Waals surface area contributed by atoms with Gasteiger partial charge in [-0.1, -0.05) is 24.7 Å². The van der Waals surface area contributed by atoms with Crippen LogP contribution in [0.2, 0.25) is 0 Å². The van der Waals surface area contributed by atoms with Crippen LogP contribution in [0.1, 0.15) is 36.8 Å². The summed E-state index contributed by atoms with van der Waals surface area (Å²) in [7, 11) is 0. The van der Waals surface area contributed by atoms with Gasteiger partial charge in [0.1, 0.15) is 12.4 Å². The van der Waals surface area contributed by atoms with Gasteiger partial charge in [-0.25, -0.2) is 4.39 Å². The summed E-state index contributed by atoms with van der Waals surface area (Å²) in [5, 5.41) is 8.62. The van der Waals surface area contributed by atoms with E-state index in [9.17, 15) is 4.39 Å². The Kier molecular flexibility index (Phi) is 4.74. The molecule has 0 radical (unpaired) electrons. The summed E-state index contributed by atoms with van der Waals surface area (Å²) in [5.74, 6) is 4.91. The second kappa shape index (κ2) is 6.53. The van der Waals surface area contributed by atoms with Crippen molar-refractivity contribution in [3.63, 3.8) is 0 Å². The smallest absolute Gasteiger partial charge is 0.124 e. The van der Waals surface area contributed by atoms with Crippen LogP contribution < -0.4 is 0 Å². The molecule has 0 spiro atoms. The summed E-state index contributed by atoms with van der Waals surface area (Å²) in [6.07, 6.45) is 4.97. The standard InChI is InChI=1S/C15H17FO2/c16-14-9-12(4-3-7-17)8-13(10-14)11-18-15-5-1-2-6-15/h8-10,15,17H,1-2,5-7,11H2. The monoisotopic (exact) mass is 248 g/mol. The summed E-state index contributed by atoms with van der Waals surface area (Å²) in [5.41, 5.74) is 1.37. The normalized spacial score (nSPS) is 15.4. The summed E-state index contributed by atoms with van der Waals surface area (Å²) in [6, 6.07) is 4.64. The van der Waals surface area contributed by atoms with Crippen LogP contribution in [-0.4, -0.2) is 17.8 Å². The van der Waals surface area contributed by atoms with E-state index in [4.69, 9.17) is 9.84 Å². The fourth-order valence-electron chi connectivity index (χ4n) is 2.22. The zero-order valence-corrected chi connectivity index (χ0v) is 10.3. The van der Waals surface area contributed by atoms with Crippen LogP contribution in [-0.2, 0) is 11.3 Å². The van der Waals surface area contributed by atoms with E-state index in [1.54, 1.807) is 6.07 Å². The van der Waals surface area contributed by atoms with E-state index in [1.807, 2.05) is 0 Å². The van der Waals surface area contributed by atoms with Crippen molar-refractivity contribution in [1.29, 1.82) is 0 Å². The molecule has 0 aliphatic heterocycles. The number of halogens is 1. The highest BCUT2D eigenvalue weighted by Crippen LogP contribution is 2.22. The predicted octanol–water partition coefficient (Wildman–Crippen LogP) is 2.63. The van der Waals surface area contributed by atoms with Crippen molar-refractivity contribution < 1.29 is 14.2 Å². The molecule has 0 saturated heterocycles. The lowest BCUT2D eigenvalue weighted by atomic mass is 10.1. The van der Waals surface area contributed by atoms with E-state index in [0.717, 1.165) is 18.4 Å². The number of rotatable bonds is 3. The average Bonchev–Trinajstić information content (AvgIpc) is 2.86. The molecule has 1 aromatic rings. The number of benzene rings is 1. The van der Waals surface area contributed by atoms with Crippen LogP contribution in [0.15, 0.2) is 18.2 Å². The molecule has 18 heavy (non-hydrogen) atoms. The molecule has 1 aliphatic rings. The molecule has 3 heteroatoms. The number of aliphatic hydroxyl groups excluding tert-OH is 1. The maximum Gasteiger partial charge on any atom is 0.124 e. The van der Waals surface area contributed by atoms with Crippen LogP contribution in [0, 0.1) is 17.7 Å². The molecular formula is C15H17FO2. The van der Waals surface area contributed by atoms with Crippen LogP contribution >= 0.6 is 0 Å². The summed E-state index contributed by atoms with van der Waals surface area (Å²) in [4.78, 5) is 0. The first kappa shape index (κ1) is 13.1. The van der Waals surface area contributed by atoms with Gasteiger partial charge in [0.15, 0.2) is 0 Å². The van der Waals surface area contributed by atoms with Crippen molar-refractivity contribution >= 4 is 0 Å². The number of ether oxygens (including phenoxy) is 1. The first-order chi connectivity index (χ1) is 8.78.